The predicted octanol–water partition coefficient (Wildman–Crippen LogP) is 1.87. The van der Waals surface area contributed by atoms with Crippen LogP contribution in [0.1, 0.15) is 19.3 Å². The second-order valence-electron chi connectivity index (χ2n) is 8.22. The summed E-state index contributed by atoms with van der Waals surface area (Å²) < 4.78 is 70.9. The van der Waals surface area contributed by atoms with Crippen LogP contribution in [0.2, 0.25) is 0 Å². The van der Waals surface area contributed by atoms with Crippen molar-refractivity contribution in [2.45, 2.75) is 43.3 Å². The molecule has 14 heteroatoms. The van der Waals surface area contributed by atoms with E-state index in [0.717, 1.165) is 6.20 Å². The molecule has 182 valence electrons. The minimum atomic E-state index is -3.38. The molecular weight excluding hydrogens is 477 g/mol. The number of halogens is 3. The number of fused-ring (bicyclic) bond motifs is 1. The summed E-state index contributed by atoms with van der Waals surface area (Å²) in [6, 6.07) is 3.37. The molecule has 3 aromatic heterocycles. The normalized spacial score (nSPS) is 21.8. The number of piperidine rings is 1. The van der Waals surface area contributed by atoms with Crippen LogP contribution in [0, 0.1) is 5.82 Å². The Morgan fingerprint density at radius 3 is 2.62 bits per heavy atom. The van der Waals surface area contributed by atoms with Gasteiger partial charge in [0.2, 0.25) is 16.0 Å². The summed E-state index contributed by atoms with van der Waals surface area (Å²) in [6.45, 7) is -2.76. The maximum atomic E-state index is 14.4. The minimum absolute atomic E-state index is 0.0287. The molecule has 0 radical (unpaired) electrons. The fourth-order valence-corrected chi connectivity index (χ4v) is 5.82. The largest absolute Gasteiger partial charge is 0.433 e. The molecule has 1 aliphatic heterocycles. The van der Waals surface area contributed by atoms with E-state index in [1.165, 1.54) is 33.2 Å². The summed E-state index contributed by atoms with van der Waals surface area (Å²) in [6.07, 6.45) is 3.02. The van der Waals surface area contributed by atoms with Gasteiger partial charge >= 0.3 is 6.61 Å². The van der Waals surface area contributed by atoms with Gasteiger partial charge in [-0.15, -0.1) is 5.10 Å². The highest BCUT2D eigenvalue weighted by atomic mass is 32.2. The third kappa shape index (κ3) is 4.40. The van der Waals surface area contributed by atoms with Crippen molar-refractivity contribution in [1.82, 2.24) is 23.9 Å². The van der Waals surface area contributed by atoms with Crippen LogP contribution in [-0.4, -0.2) is 74.5 Å². The number of ether oxygens (including phenoxy) is 1. The first-order valence-electron chi connectivity index (χ1n) is 10.6. The first-order valence-corrected chi connectivity index (χ1v) is 12.1. The third-order valence-corrected chi connectivity index (χ3v) is 8.22. The number of rotatable bonds is 7. The Balaban J connectivity index is 1.35. The summed E-state index contributed by atoms with van der Waals surface area (Å²) >= 11 is 0. The Kier molecular flexibility index (Phi) is 5.81. The van der Waals surface area contributed by atoms with E-state index in [1.54, 1.807) is 0 Å². The monoisotopic (exact) mass is 498 g/mol. The predicted molar refractivity (Wildman–Crippen MR) is 114 cm³/mol. The average molecular weight is 498 g/mol. The number of hydrogen-bond donors (Lipinski definition) is 2. The van der Waals surface area contributed by atoms with Crippen LogP contribution in [-0.2, 0) is 10.0 Å². The van der Waals surface area contributed by atoms with Gasteiger partial charge < -0.3 is 15.2 Å². The summed E-state index contributed by atoms with van der Waals surface area (Å²) in [5.41, 5.74) is 0.595. The van der Waals surface area contributed by atoms with E-state index >= 15 is 0 Å². The Morgan fingerprint density at radius 1 is 1.18 bits per heavy atom. The van der Waals surface area contributed by atoms with Gasteiger partial charge in [0.15, 0.2) is 5.82 Å². The van der Waals surface area contributed by atoms with Crippen LogP contribution < -0.4 is 10.1 Å². The van der Waals surface area contributed by atoms with Crippen LogP contribution in [0.4, 0.5) is 19.1 Å². The standard InChI is InChI=1S/C20H21F3N6O4S/c21-13-7-16(14-4-1-11(8-24-14)33-19(22)23)29-17(13)9-25-20(27-29)26-15-5-6-28(10-18(15)30)34(31,32)12-2-3-12/h1,4,7-9,12,15,18-19,30H,2-3,5-6,10H2,(H,26,27)/t15-,18-/m1/s1. The molecule has 2 atom stereocenters. The van der Waals surface area contributed by atoms with Crippen molar-refractivity contribution in [3.05, 3.63) is 36.4 Å². The van der Waals surface area contributed by atoms with Crippen molar-refractivity contribution < 1.29 is 31.4 Å². The van der Waals surface area contributed by atoms with Gasteiger partial charge in [-0.2, -0.15) is 13.1 Å². The van der Waals surface area contributed by atoms with E-state index in [9.17, 15) is 26.7 Å². The molecule has 0 bridgehead atoms. The topological polar surface area (TPSA) is 122 Å². The summed E-state index contributed by atoms with van der Waals surface area (Å²) in [5, 5.41) is 17.5. The smallest absolute Gasteiger partial charge is 0.387 e. The van der Waals surface area contributed by atoms with E-state index < -0.39 is 34.6 Å². The Hall–Kier alpha value is -2.97. The molecule has 0 spiro atoms. The minimum Gasteiger partial charge on any atom is -0.433 e. The number of hydrogen-bond acceptors (Lipinski definition) is 8. The van der Waals surface area contributed by atoms with Gasteiger partial charge in [-0.25, -0.2) is 22.3 Å². The summed E-state index contributed by atoms with van der Waals surface area (Å²) in [4.78, 5) is 8.15. The highest BCUT2D eigenvalue weighted by Gasteiger charge is 2.43. The molecule has 1 aliphatic carbocycles. The molecule has 1 saturated carbocycles. The van der Waals surface area contributed by atoms with Gasteiger partial charge in [0.05, 0.1) is 41.2 Å². The van der Waals surface area contributed by atoms with Crippen LogP contribution in [0.15, 0.2) is 30.6 Å². The highest BCUT2D eigenvalue weighted by Crippen LogP contribution is 2.33. The Bertz CT molecular complexity index is 1300. The molecule has 0 amide bonds. The number of nitrogens with one attached hydrogen (secondary N) is 1. The van der Waals surface area contributed by atoms with Crippen LogP contribution >= 0.6 is 0 Å². The zero-order chi connectivity index (χ0) is 24.0. The molecule has 5 rings (SSSR count). The quantitative estimate of drug-likeness (QED) is 0.506. The lowest BCUT2D eigenvalue weighted by Crippen LogP contribution is -2.52. The average Bonchev–Trinajstić information content (AvgIpc) is 3.61. The molecular formula is C20H21F3N6O4S. The zero-order valence-corrected chi connectivity index (χ0v) is 18.5. The van der Waals surface area contributed by atoms with Crippen molar-refractivity contribution in [1.29, 1.82) is 0 Å². The lowest BCUT2D eigenvalue weighted by atomic mass is 10.0. The Morgan fingerprint density at radius 2 is 1.97 bits per heavy atom. The molecule has 4 heterocycles. The molecule has 10 nitrogen and oxygen atoms in total. The van der Waals surface area contributed by atoms with Gasteiger partial charge in [-0.05, 0) is 31.4 Å². The number of aromatic nitrogens is 4. The molecule has 2 fully saturated rings. The lowest BCUT2D eigenvalue weighted by molar-refractivity contribution is -0.0500. The maximum absolute atomic E-state index is 14.4. The Labute approximate surface area is 192 Å². The highest BCUT2D eigenvalue weighted by molar-refractivity contribution is 7.90. The zero-order valence-electron chi connectivity index (χ0n) is 17.7. The van der Waals surface area contributed by atoms with Gasteiger partial charge in [-0.3, -0.25) is 4.98 Å². The van der Waals surface area contributed by atoms with Gasteiger partial charge in [-0.1, -0.05) is 0 Å². The molecule has 34 heavy (non-hydrogen) atoms. The number of β-amino-alcohol motifs (C(OH)–C–C–N with tert-alkyl or cyclic N) is 1. The van der Waals surface area contributed by atoms with Crippen LogP contribution in [0.25, 0.3) is 16.9 Å². The lowest BCUT2D eigenvalue weighted by Gasteiger charge is -2.35. The van der Waals surface area contributed by atoms with Crippen LogP contribution in [0.3, 0.4) is 0 Å². The van der Waals surface area contributed by atoms with E-state index in [4.69, 9.17) is 0 Å². The number of alkyl halides is 2. The second-order valence-corrected chi connectivity index (χ2v) is 10.4. The van der Waals surface area contributed by atoms with Crippen molar-refractivity contribution >= 4 is 21.5 Å². The number of nitrogens with zero attached hydrogens (tertiary/aromatic N) is 5. The maximum Gasteiger partial charge on any atom is 0.387 e. The molecule has 0 unspecified atom stereocenters. The molecule has 3 aromatic rings. The van der Waals surface area contributed by atoms with Gasteiger partial charge in [0.25, 0.3) is 0 Å². The second kappa shape index (κ2) is 8.67. The van der Waals surface area contributed by atoms with Gasteiger partial charge in [0, 0.05) is 19.2 Å². The van der Waals surface area contributed by atoms with E-state index in [0.29, 0.717) is 19.3 Å². The number of aliphatic hydroxyl groups excluding tert-OH is 1. The SMILES string of the molecule is O=S(=O)(C1CC1)N1CC[C@@H](Nc2ncc3c(F)cc(-c4ccc(OC(F)F)cn4)n3n2)[C@H](O)C1. The fraction of sp³-hybridized carbons (Fsp3) is 0.450. The first-order chi connectivity index (χ1) is 16.2. The van der Waals surface area contributed by atoms with Crippen molar-refractivity contribution in [2.75, 3.05) is 18.4 Å². The van der Waals surface area contributed by atoms with E-state index in [2.05, 4.69) is 25.1 Å². The molecule has 1 saturated heterocycles. The first kappa shape index (κ1) is 22.8. The van der Waals surface area contributed by atoms with Gasteiger partial charge in [0.1, 0.15) is 11.3 Å². The third-order valence-electron chi connectivity index (χ3n) is 5.86. The van der Waals surface area contributed by atoms with E-state index in [1.807, 2.05) is 0 Å². The fourth-order valence-electron chi connectivity index (χ4n) is 3.95. The summed E-state index contributed by atoms with van der Waals surface area (Å²) in [7, 11) is -3.38. The van der Waals surface area contributed by atoms with E-state index in [-0.39, 0.29) is 46.9 Å². The number of aliphatic hydroxyl groups is 1. The number of sulfonamides is 1. The number of pyridine rings is 1. The molecule has 2 aliphatic rings. The summed E-state index contributed by atoms with van der Waals surface area (Å²) in [5.74, 6) is -0.638. The molecule has 0 aromatic carbocycles. The number of anilines is 1. The molecule has 2 N–H and O–H groups in total. The van der Waals surface area contributed by atoms with Crippen LogP contribution in [0.5, 0.6) is 5.75 Å². The van der Waals surface area contributed by atoms with Crippen molar-refractivity contribution in [3.8, 4) is 17.1 Å². The van der Waals surface area contributed by atoms with Crippen molar-refractivity contribution in [2.24, 2.45) is 0 Å². The van der Waals surface area contributed by atoms with Crippen molar-refractivity contribution in [3.63, 3.8) is 0 Å².